The minimum Gasteiger partial charge on any atom is -0.380 e. The van der Waals surface area contributed by atoms with Crippen LogP contribution in [0.1, 0.15) is 5.56 Å². The normalized spacial score (nSPS) is 10.7. The standard InChI is InChI=1S/C14H11BrN4O2/c15-11-5-4-9(6-14(11)19(20)21)7-16-12-2-1-3-13-10(12)8-17-18-13/h1-6,8,16H,7H2,(H,17,18). The van der Waals surface area contributed by atoms with Crippen LogP contribution in [0, 0.1) is 10.1 Å². The Hall–Kier alpha value is -2.41. The lowest BCUT2D eigenvalue weighted by atomic mass is 10.2. The number of nitro benzene ring substituents is 1. The van der Waals surface area contributed by atoms with E-state index in [1.165, 1.54) is 0 Å². The van der Waals surface area contributed by atoms with Crippen molar-refractivity contribution in [2.75, 3.05) is 5.32 Å². The van der Waals surface area contributed by atoms with E-state index in [0.717, 1.165) is 22.2 Å². The second-order valence-corrected chi connectivity index (χ2v) is 5.39. The van der Waals surface area contributed by atoms with Crippen molar-refractivity contribution in [3.8, 4) is 0 Å². The van der Waals surface area contributed by atoms with Crippen LogP contribution in [0.5, 0.6) is 0 Å². The topological polar surface area (TPSA) is 83.9 Å². The van der Waals surface area contributed by atoms with Gasteiger partial charge in [0, 0.05) is 23.7 Å². The molecular weight excluding hydrogens is 336 g/mol. The number of H-pyrrole nitrogens is 1. The van der Waals surface area contributed by atoms with Gasteiger partial charge in [0.05, 0.1) is 21.1 Å². The summed E-state index contributed by atoms with van der Waals surface area (Å²) >= 11 is 3.18. The van der Waals surface area contributed by atoms with Gasteiger partial charge in [-0.2, -0.15) is 5.10 Å². The van der Waals surface area contributed by atoms with Crippen LogP contribution in [0.2, 0.25) is 0 Å². The lowest BCUT2D eigenvalue weighted by Gasteiger charge is -2.08. The molecule has 7 heteroatoms. The van der Waals surface area contributed by atoms with Gasteiger partial charge in [-0.15, -0.1) is 0 Å². The van der Waals surface area contributed by atoms with Crippen LogP contribution in [0.25, 0.3) is 10.9 Å². The highest BCUT2D eigenvalue weighted by Crippen LogP contribution is 2.27. The Bertz CT molecular complexity index is 816. The van der Waals surface area contributed by atoms with E-state index in [9.17, 15) is 10.1 Å². The van der Waals surface area contributed by atoms with Gasteiger partial charge in [-0.25, -0.2) is 0 Å². The van der Waals surface area contributed by atoms with Crippen LogP contribution in [0.15, 0.2) is 47.1 Å². The third-order valence-electron chi connectivity index (χ3n) is 3.17. The first kappa shape index (κ1) is 13.6. The lowest BCUT2D eigenvalue weighted by molar-refractivity contribution is -0.385. The van der Waals surface area contributed by atoms with E-state index in [-0.39, 0.29) is 5.69 Å². The third-order valence-corrected chi connectivity index (χ3v) is 3.85. The molecule has 6 nitrogen and oxygen atoms in total. The molecule has 2 aromatic carbocycles. The maximum atomic E-state index is 10.9. The number of aromatic nitrogens is 2. The van der Waals surface area contributed by atoms with Gasteiger partial charge in [0.25, 0.3) is 5.69 Å². The van der Waals surface area contributed by atoms with Gasteiger partial charge < -0.3 is 5.32 Å². The fourth-order valence-corrected chi connectivity index (χ4v) is 2.52. The lowest BCUT2D eigenvalue weighted by Crippen LogP contribution is -2.00. The summed E-state index contributed by atoms with van der Waals surface area (Å²) in [6, 6.07) is 10.9. The number of anilines is 1. The summed E-state index contributed by atoms with van der Waals surface area (Å²) in [6.45, 7) is 0.498. The number of fused-ring (bicyclic) bond motifs is 1. The van der Waals surface area contributed by atoms with Gasteiger partial charge in [-0.3, -0.25) is 15.2 Å². The molecule has 0 saturated carbocycles. The number of aromatic amines is 1. The van der Waals surface area contributed by atoms with E-state index in [0.29, 0.717) is 11.0 Å². The minimum absolute atomic E-state index is 0.0656. The number of nitrogens with one attached hydrogen (secondary N) is 2. The van der Waals surface area contributed by atoms with E-state index < -0.39 is 4.92 Å². The van der Waals surface area contributed by atoms with Crippen LogP contribution < -0.4 is 5.32 Å². The van der Waals surface area contributed by atoms with E-state index >= 15 is 0 Å². The maximum Gasteiger partial charge on any atom is 0.283 e. The summed E-state index contributed by atoms with van der Waals surface area (Å²) in [7, 11) is 0. The second kappa shape index (κ2) is 5.53. The number of halogens is 1. The highest BCUT2D eigenvalue weighted by molar-refractivity contribution is 9.10. The molecule has 0 atom stereocenters. The summed E-state index contributed by atoms with van der Waals surface area (Å²) in [4.78, 5) is 10.5. The second-order valence-electron chi connectivity index (χ2n) is 4.53. The molecule has 3 aromatic rings. The van der Waals surface area contributed by atoms with Crippen LogP contribution in [-0.2, 0) is 6.54 Å². The Balaban J connectivity index is 1.83. The first-order valence-corrected chi connectivity index (χ1v) is 7.03. The molecule has 0 spiro atoms. The zero-order valence-electron chi connectivity index (χ0n) is 10.8. The summed E-state index contributed by atoms with van der Waals surface area (Å²) in [5.74, 6) is 0. The van der Waals surface area contributed by atoms with Crippen molar-refractivity contribution in [1.82, 2.24) is 10.2 Å². The number of rotatable bonds is 4. The first-order chi connectivity index (χ1) is 10.1. The van der Waals surface area contributed by atoms with E-state index in [4.69, 9.17) is 0 Å². The highest BCUT2D eigenvalue weighted by atomic mass is 79.9. The molecule has 0 bridgehead atoms. The van der Waals surface area contributed by atoms with Crippen molar-refractivity contribution in [2.45, 2.75) is 6.54 Å². The Morgan fingerprint density at radius 2 is 2.19 bits per heavy atom. The number of benzene rings is 2. The van der Waals surface area contributed by atoms with Crippen molar-refractivity contribution in [3.05, 3.63) is 62.7 Å². The molecular formula is C14H11BrN4O2. The van der Waals surface area contributed by atoms with Crippen molar-refractivity contribution < 1.29 is 4.92 Å². The van der Waals surface area contributed by atoms with Crippen molar-refractivity contribution in [1.29, 1.82) is 0 Å². The number of hydrogen-bond donors (Lipinski definition) is 2. The van der Waals surface area contributed by atoms with E-state index in [2.05, 4.69) is 31.4 Å². The Morgan fingerprint density at radius 3 is 3.00 bits per heavy atom. The summed E-state index contributed by atoms with van der Waals surface area (Å²) < 4.78 is 0.480. The fourth-order valence-electron chi connectivity index (χ4n) is 2.13. The van der Waals surface area contributed by atoms with Gasteiger partial charge in [0.2, 0.25) is 0 Å². The first-order valence-electron chi connectivity index (χ1n) is 6.24. The minimum atomic E-state index is -0.398. The van der Waals surface area contributed by atoms with E-state index in [1.807, 2.05) is 24.3 Å². The Kier molecular flexibility index (Phi) is 3.57. The molecule has 1 aromatic heterocycles. The van der Waals surface area contributed by atoms with Gasteiger partial charge >= 0.3 is 0 Å². The smallest absolute Gasteiger partial charge is 0.283 e. The summed E-state index contributed by atoms with van der Waals surface area (Å²) in [5.41, 5.74) is 2.79. The molecule has 0 saturated heterocycles. The zero-order valence-corrected chi connectivity index (χ0v) is 12.4. The molecule has 1 heterocycles. The van der Waals surface area contributed by atoms with Gasteiger partial charge in [-0.05, 0) is 39.7 Å². The molecule has 0 radical (unpaired) electrons. The van der Waals surface area contributed by atoms with Crippen LogP contribution in [0.3, 0.4) is 0 Å². The van der Waals surface area contributed by atoms with Gasteiger partial charge in [-0.1, -0.05) is 12.1 Å². The molecule has 0 aliphatic rings. The van der Waals surface area contributed by atoms with Crippen molar-refractivity contribution in [3.63, 3.8) is 0 Å². The third kappa shape index (κ3) is 2.73. The monoisotopic (exact) mass is 346 g/mol. The average Bonchev–Trinajstić information content (AvgIpc) is 2.95. The zero-order chi connectivity index (χ0) is 14.8. The Labute approximate surface area is 128 Å². The number of nitrogens with zero attached hydrogens (tertiary/aromatic N) is 2. The fraction of sp³-hybridized carbons (Fsp3) is 0.0714. The van der Waals surface area contributed by atoms with Crippen molar-refractivity contribution in [2.24, 2.45) is 0 Å². The maximum absolute atomic E-state index is 10.9. The SMILES string of the molecule is O=[N+]([O-])c1cc(CNc2cccc3[nH]ncc23)ccc1Br. The van der Waals surface area contributed by atoms with Gasteiger partial charge in [0.1, 0.15) is 0 Å². The summed E-state index contributed by atoms with van der Waals surface area (Å²) in [5, 5.41) is 22.1. The van der Waals surface area contributed by atoms with Crippen LogP contribution in [-0.4, -0.2) is 15.1 Å². The largest absolute Gasteiger partial charge is 0.380 e. The Morgan fingerprint density at radius 1 is 1.33 bits per heavy atom. The highest BCUT2D eigenvalue weighted by Gasteiger charge is 2.12. The van der Waals surface area contributed by atoms with Crippen molar-refractivity contribution >= 4 is 38.2 Å². The van der Waals surface area contributed by atoms with Crippen LogP contribution >= 0.6 is 15.9 Å². The van der Waals surface area contributed by atoms with Gasteiger partial charge in [0.15, 0.2) is 0 Å². The predicted molar refractivity (Wildman–Crippen MR) is 84.2 cm³/mol. The quantitative estimate of drug-likeness (QED) is 0.555. The van der Waals surface area contributed by atoms with E-state index in [1.54, 1.807) is 18.3 Å². The number of hydrogen-bond acceptors (Lipinski definition) is 4. The molecule has 0 aliphatic carbocycles. The average molecular weight is 347 g/mol. The van der Waals surface area contributed by atoms with Crippen LogP contribution in [0.4, 0.5) is 11.4 Å². The summed E-state index contributed by atoms with van der Waals surface area (Å²) in [6.07, 6.45) is 1.75. The molecule has 21 heavy (non-hydrogen) atoms. The molecule has 3 rings (SSSR count). The molecule has 2 N–H and O–H groups in total. The molecule has 0 amide bonds. The molecule has 0 aliphatic heterocycles. The molecule has 0 unspecified atom stereocenters. The molecule has 106 valence electrons. The predicted octanol–water partition coefficient (Wildman–Crippen LogP) is 3.85. The number of nitro groups is 1. The molecule has 0 fully saturated rings.